The Hall–Kier alpha value is -3.07. The van der Waals surface area contributed by atoms with Crippen molar-refractivity contribution >= 4 is 5.57 Å². The molecule has 34 heavy (non-hydrogen) atoms. The van der Waals surface area contributed by atoms with Crippen LogP contribution in [-0.2, 0) is 0 Å². The molecule has 1 aromatic carbocycles. The van der Waals surface area contributed by atoms with Gasteiger partial charge in [-0.05, 0) is 68.0 Å². The molecule has 0 aliphatic carbocycles. The number of terminal acetylenes is 1. The van der Waals surface area contributed by atoms with Gasteiger partial charge in [-0.1, -0.05) is 102 Å². The Morgan fingerprint density at radius 2 is 1.68 bits per heavy atom. The fraction of sp³-hybridized carbons (Fsp3) is 0.406. The summed E-state index contributed by atoms with van der Waals surface area (Å²) < 4.78 is 0. The van der Waals surface area contributed by atoms with Crippen LogP contribution in [0.3, 0.4) is 0 Å². The van der Waals surface area contributed by atoms with Gasteiger partial charge in [-0.15, -0.1) is 12.8 Å². The van der Waals surface area contributed by atoms with E-state index in [1.165, 1.54) is 24.0 Å². The number of nitrogens with zero attached hydrogens (tertiary/aromatic N) is 1. The van der Waals surface area contributed by atoms with Crippen LogP contribution in [0.15, 0.2) is 77.9 Å². The largest absolute Gasteiger partial charge is 0.327 e. The van der Waals surface area contributed by atoms with Crippen molar-refractivity contribution in [2.75, 3.05) is 0 Å². The number of nitrogens with two attached hydrogens (primary N) is 1. The quantitative estimate of drug-likeness (QED) is 0.279. The van der Waals surface area contributed by atoms with E-state index < -0.39 is 0 Å². The Bertz CT molecular complexity index is 837. The molecule has 0 spiro atoms. The molecule has 1 atom stereocenters. The molecule has 0 amide bonds. The molecule has 186 valence electrons. The van der Waals surface area contributed by atoms with Crippen LogP contribution < -0.4 is 5.73 Å². The molecule has 0 heterocycles. The first-order valence-corrected chi connectivity index (χ1v) is 12.4. The van der Waals surface area contributed by atoms with Gasteiger partial charge in [0.05, 0.1) is 11.6 Å². The standard InChI is InChI=1S/C26H34N2.2C2H6.C2H2/c1-6-9-12-25(28)17-20(4)18-26(21(5)23(10-7-2)11-8-3)24-15-13-22(19-27)14-16-24;3*1-2/h7-8,10-11,13-16,18,25H,2,6,9,12,17,28H2,1,3-5H3;2*1-2H3;1-2H/b11-8-,20-18+,23-10+,26-21-;;;. The van der Waals surface area contributed by atoms with E-state index in [-0.39, 0.29) is 6.04 Å². The molecule has 1 aromatic rings. The SMILES string of the molecule is C#C.C=C/C=C(\C=C/C)C(/C)=C(/C=C(\C)CC(N)CCCC)c1ccc(C#N)cc1.CC.CC. The van der Waals surface area contributed by atoms with Crippen LogP contribution in [0.25, 0.3) is 5.57 Å². The smallest absolute Gasteiger partial charge is 0.0991 e. The first kappa shape index (κ1) is 35.5. The van der Waals surface area contributed by atoms with Crippen molar-refractivity contribution in [1.82, 2.24) is 0 Å². The van der Waals surface area contributed by atoms with Crippen molar-refractivity contribution in [3.8, 4) is 18.9 Å². The second kappa shape index (κ2) is 24.6. The summed E-state index contributed by atoms with van der Waals surface area (Å²) in [5.41, 5.74) is 12.8. The van der Waals surface area contributed by atoms with Crippen molar-refractivity contribution in [3.05, 3.63) is 89.1 Å². The van der Waals surface area contributed by atoms with Crippen LogP contribution in [0.1, 0.15) is 92.2 Å². The van der Waals surface area contributed by atoms with E-state index in [2.05, 4.69) is 58.4 Å². The molecule has 0 aromatic heterocycles. The van der Waals surface area contributed by atoms with Gasteiger partial charge in [-0.2, -0.15) is 5.26 Å². The second-order valence-corrected chi connectivity index (χ2v) is 7.18. The van der Waals surface area contributed by atoms with E-state index in [0.29, 0.717) is 5.56 Å². The van der Waals surface area contributed by atoms with Gasteiger partial charge in [0.1, 0.15) is 0 Å². The van der Waals surface area contributed by atoms with Gasteiger partial charge in [0.2, 0.25) is 0 Å². The predicted octanol–water partition coefficient (Wildman–Crippen LogP) is 9.18. The summed E-state index contributed by atoms with van der Waals surface area (Å²) in [7, 11) is 0. The minimum atomic E-state index is 0.192. The third-order valence-corrected chi connectivity index (χ3v) is 4.71. The molecule has 0 saturated carbocycles. The van der Waals surface area contributed by atoms with E-state index in [1.54, 1.807) is 0 Å². The maximum Gasteiger partial charge on any atom is 0.0991 e. The number of unbranched alkanes of at least 4 members (excludes halogenated alkanes) is 1. The van der Waals surface area contributed by atoms with Crippen LogP contribution in [-0.4, -0.2) is 6.04 Å². The molecular weight excluding hydrogens is 412 g/mol. The third kappa shape index (κ3) is 14.9. The summed E-state index contributed by atoms with van der Waals surface area (Å²) in [6.45, 7) is 20.3. The third-order valence-electron chi connectivity index (χ3n) is 4.71. The maximum atomic E-state index is 9.10. The summed E-state index contributed by atoms with van der Waals surface area (Å²) in [6, 6.07) is 10.1. The Balaban J connectivity index is -0.00000148. The van der Waals surface area contributed by atoms with Crippen LogP contribution in [0.2, 0.25) is 0 Å². The van der Waals surface area contributed by atoms with Crippen molar-refractivity contribution in [2.45, 2.75) is 87.1 Å². The fourth-order valence-corrected chi connectivity index (χ4v) is 3.19. The number of benzene rings is 1. The highest BCUT2D eigenvalue weighted by atomic mass is 14.6. The van der Waals surface area contributed by atoms with Gasteiger partial charge in [-0.25, -0.2) is 0 Å². The molecule has 0 saturated heterocycles. The second-order valence-electron chi connectivity index (χ2n) is 7.18. The lowest BCUT2D eigenvalue weighted by atomic mass is 9.91. The lowest BCUT2D eigenvalue weighted by Crippen LogP contribution is -2.19. The van der Waals surface area contributed by atoms with Gasteiger partial charge in [0.15, 0.2) is 0 Å². The topological polar surface area (TPSA) is 49.8 Å². The molecular formula is C32H48N2. The van der Waals surface area contributed by atoms with Gasteiger partial charge in [-0.3, -0.25) is 0 Å². The minimum absolute atomic E-state index is 0.192. The minimum Gasteiger partial charge on any atom is -0.327 e. The number of nitriles is 1. The molecule has 1 rings (SSSR count). The zero-order valence-corrected chi connectivity index (χ0v) is 23.0. The lowest BCUT2D eigenvalue weighted by Gasteiger charge is -2.15. The van der Waals surface area contributed by atoms with Crippen LogP contribution >= 0.6 is 0 Å². The highest BCUT2D eigenvalue weighted by Gasteiger charge is 2.09. The Kier molecular flexibility index (Phi) is 25.7. The molecule has 2 heteroatoms. The molecule has 2 nitrogen and oxygen atoms in total. The van der Waals surface area contributed by atoms with Crippen molar-refractivity contribution in [2.24, 2.45) is 5.73 Å². The molecule has 0 aliphatic heterocycles. The van der Waals surface area contributed by atoms with Crippen molar-refractivity contribution < 1.29 is 0 Å². The van der Waals surface area contributed by atoms with Crippen LogP contribution in [0.4, 0.5) is 0 Å². The van der Waals surface area contributed by atoms with Crippen molar-refractivity contribution in [1.29, 1.82) is 5.26 Å². The van der Waals surface area contributed by atoms with Crippen LogP contribution in [0, 0.1) is 24.2 Å². The summed E-state index contributed by atoms with van der Waals surface area (Å²) in [5, 5.41) is 9.10. The lowest BCUT2D eigenvalue weighted by molar-refractivity contribution is 0.572. The predicted molar refractivity (Wildman–Crippen MR) is 155 cm³/mol. The normalized spacial score (nSPS) is 12.4. The number of rotatable bonds is 10. The number of hydrogen-bond donors (Lipinski definition) is 1. The van der Waals surface area contributed by atoms with Gasteiger partial charge >= 0.3 is 0 Å². The van der Waals surface area contributed by atoms with Gasteiger partial charge < -0.3 is 5.73 Å². The van der Waals surface area contributed by atoms with Crippen LogP contribution in [0.5, 0.6) is 0 Å². The maximum absolute atomic E-state index is 9.10. The Morgan fingerprint density at radius 3 is 2.12 bits per heavy atom. The Morgan fingerprint density at radius 1 is 1.12 bits per heavy atom. The molecule has 0 radical (unpaired) electrons. The Labute approximate surface area is 211 Å². The molecule has 0 bridgehead atoms. The molecule has 1 unspecified atom stereocenters. The first-order valence-electron chi connectivity index (χ1n) is 12.4. The van der Waals surface area contributed by atoms with E-state index in [0.717, 1.165) is 29.6 Å². The summed E-state index contributed by atoms with van der Waals surface area (Å²) in [5.74, 6) is 0. The molecule has 0 aliphatic rings. The monoisotopic (exact) mass is 460 g/mol. The molecule has 0 fully saturated rings. The average molecular weight is 461 g/mol. The zero-order valence-electron chi connectivity index (χ0n) is 23.0. The van der Waals surface area contributed by atoms with E-state index in [4.69, 9.17) is 11.0 Å². The van der Waals surface area contributed by atoms with E-state index >= 15 is 0 Å². The van der Waals surface area contributed by atoms with E-state index in [1.807, 2.05) is 77.1 Å². The first-order chi connectivity index (χ1) is 16.5. The average Bonchev–Trinajstić information content (AvgIpc) is 2.89. The summed E-state index contributed by atoms with van der Waals surface area (Å²) >= 11 is 0. The van der Waals surface area contributed by atoms with E-state index in [9.17, 15) is 0 Å². The highest BCUT2D eigenvalue weighted by Crippen LogP contribution is 2.28. The highest BCUT2D eigenvalue weighted by molar-refractivity contribution is 5.81. The number of allylic oxidation sites excluding steroid dienone is 8. The van der Waals surface area contributed by atoms with Gasteiger partial charge in [0.25, 0.3) is 0 Å². The summed E-state index contributed by atoms with van der Waals surface area (Å²) in [6.07, 6.45) is 22.5. The fourth-order valence-electron chi connectivity index (χ4n) is 3.19. The molecule has 2 N–H and O–H groups in total. The van der Waals surface area contributed by atoms with Crippen molar-refractivity contribution in [3.63, 3.8) is 0 Å². The zero-order chi connectivity index (χ0) is 26.9. The number of hydrogen-bond acceptors (Lipinski definition) is 2. The summed E-state index contributed by atoms with van der Waals surface area (Å²) in [4.78, 5) is 0. The van der Waals surface area contributed by atoms with Gasteiger partial charge in [0, 0.05) is 6.04 Å².